The first kappa shape index (κ1) is 18.0. The summed E-state index contributed by atoms with van der Waals surface area (Å²) in [6, 6.07) is 17.4. The van der Waals surface area contributed by atoms with Crippen LogP contribution in [0, 0.1) is 5.92 Å². The third-order valence-corrected chi connectivity index (χ3v) is 4.54. The summed E-state index contributed by atoms with van der Waals surface area (Å²) in [5.41, 5.74) is 1.84. The number of hydrogen-bond acceptors (Lipinski definition) is 3. The van der Waals surface area contributed by atoms with E-state index < -0.39 is 0 Å². The Balaban J connectivity index is 1.57. The van der Waals surface area contributed by atoms with Crippen molar-refractivity contribution in [3.8, 4) is 5.75 Å². The minimum Gasteiger partial charge on any atom is -0.492 e. The first-order valence-electron chi connectivity index (χ1n) is 9.01. The molecule has 1 heterocycles. The fraction of sp³-hybridized carbons (Fsp3) is 0.333. The van der Waals surface area contributed by atoms with Crippen molar-refractivity contribution in [2.24, 2.45) is 5.92 Å². The number of carbonyl (C=O) groups is 2. The molecule has 0 spiro atoms. The molecule has 0 aliphatic carbocycles. The van der Waals surface area contributed by atoms with E-state index in [1.165, 1.54) is 5.56 Å². The Labute approximate surface area is 154 Å². The van der Waals surface area contributed by atoms with E-state index in [0.29, 0.717) is 31.1 Å². The number of ether oxygens (including phenoxy) is 1. The van der Waals surface area contributed by atoms with Crippen molar-refractivity contribution in [1.29, 1.82) is 0 Å². The van der Waals surface area contributed by atoms with Gasteiger partial charge in [-0.3, -0.25) is 9.59 Å². The molecular weight excluding hydrogens is 328 g/mol. The summed E-state index contributed by atoms with van der Waals surface area (Å²) in [5.74, 6) is 0.230. The van der Waals surface area contributed by atoms with E-state index in [-0.39, 0.29) is 24.2 Å². The largest absolute Gasteiger partial charge is 0.492 e. The molecule has 1 unspecified atom stereocenters. The zero-order valence-corrected chi connectivity index (χ0v) is 15.0. The number of benzene rings is 2. The molecule has 5 nitrogen and oxygen atoms in total. The molecule has 0 aromatic heterocycles. The molecule has 0 bridgehead atoms. The predicted molar refractivity (Wildman–Crippen MR) is 101 cm³/mol. The Morgan fingerprint density at radius 2 is 1.88 bits per heavy atom. The lowest BCUT2D eigenvalue weighted by Gasteiger charge is -2.17. The molecule has 136 valence electrons. The topological polar surface area (TPSA) is 58.6 Å². The number of rotatable bonds is 7. The molecule has 0 saturated carbocycles. The summed E-state index contributed by atoms with van der Waals surface area (Å²) in [6.45, 7) is 3.54. The van der Waals surface area contributed by atoms with Gasteiger partial charge in [0.1, 0.15) is 5.75 Å². The van der Waals surface area contributed by atoms with Crippen molar-refractivity contribution >= 4 is 17.5 Å². The highest BCUT2D eigenvalue weighted by molar-refractivity contribution is 5.98. The third kappa shape index (κ3) is 4.42. The predicted octanol–water partition coefficient (Wildman–Crippen LogP) is 3.12. The maximum Gasteiger partial charge on any atom is 0.229 e. The molecule has 2 aromatic rings. The number of hydrogen-bond donors (Lipinski definition) is 1. The lowest BCUT2D eigenvalue weighted by atomic mass is 10.1. The summed E-state index contributed by atoms with van der Waals surface area (Å²) in [4.78, 5) is 26.6. The van der Waals surface area contributed by atoms with Crippen LogP contribution in [0.2, 0.25) is 0 Å². The second kappa shape index (κ2) is 8.52. The van der Waals surface area contributed by atoms with E-state index in [4.69, 9.17) is 4.74 Å². The van der Waals surface area contributed by atoms with Gasteiger partial charge in [0.15, 0.2) is 0 Å². The lowest BCUT2D eigenvalue weighted by Crippen LogP contribution is -2.30. The highest BCUT2D eigenvalue weighted by Gasteiger charge is 2.34. The van der Waals surface area contributed by atoms with Crippen LogP contribution in [-0.4, -0.2) is 36.4 Å². The van der Waals surface area contributed by atoms with E-state index in [1.807, 2.05) is 49.4 Å². The average molecular weight is 352 g/mol. The number of likely N-dealkylation sites (tertiary alicyclic amines) is 1. The van der Waals surface area contributed by atoms with Gasteiger partial charge >= 0.3 is 0 Å². The number of nitrogens with zero attached hydrogens (tertiary/aromatic N) is 1. The Morgan fingerprint density at radius 1 is 1.15 bits per heavy atom. The first-order chi connectivity index (χ1) is 12.7. The van der Waals surface area contributed by atoms with Gasteiger partial charge in [0.25, 0.3) is 0 Å². The number of amides is 2. The minimum atomic E-state index is -0.326. The van der Waals surface area contributed by atoms with E-state index >= 15 is 0 Å². The summed E-state index contributed by atoms with van der Waals surface area (Å²) in [6.07, 6.45) is 1.06. The van der Waals surface area contributed by atoms with Crippen LogP contribution in [-0.2, 0) is 16.0 Å². The van der Waals surface area contributed by atoms with Crippen LogP contribution in [0.3, 0.4) is 0 Å². The molecular formula is C21H24N2O3. The SMILES string of the molecule is CCOc1ccccc1NC(=O)C1CC(=O)N(CCc2ccccc2)C1. The normalized spacial score (nSPS) is 16.6. The fourth-order valence-corrected chi connectivity index (χ4v) is 3.16. The molecule has 3 rings (SSSR count). The van der Waals surface area contributed by atoms with Crippen molar-refractivity contribution < 1.29 is 14.3 Å². The number of anilines is 1. The van der Waals surface area contributed by atoms with E-state index in [1.54, 1.807) is 4.90 Å². The first-order valence-corrected chi connectivity index (χ1v) is 9.01. The average Bonchev–Trinajstić information content (AvgIpc) is 3.04. The molecule has 0 radical (unpaired) electrons. The minimum absolute atomic E-state index is 0.0409. The van der Waals surface area contributed by atoms with Crippen LogP contribution in [0.5, 0.6) is 5.75 Å². The van der Waals surface area contributed by atoms with Gasteiger partial charge in [0.2, 0.25) is 11.8 Å². The van der Waals surface area contributed by atoms with Crippen molar-refractivity contribution in [1.82, 2.24) is 4.90 Å². The molecule has 1 atom stereocenters. The Bertz CT molecular complexity index is 761. The van der Waals surface area contributed by atoms with Crippen LogP contribution < -0.4 is 10.1 Å². The van der Waals surface area contributed by atoms with E-state index in [9.17, 15) is 9.59 Å². The maximum absolute atomic E-state index is 12.6. The molecule has 26 heavy (non-hydrogen) atoms. The van der Waals surface area contributed by atoms with Gasteiger partial charge in [-0.25, -0.2) is 0 Å². The summed E-state index contributed by atoms with van der Waals surface area (Å²) in [5, 5.41) is 2.91. The van der Waals surface area contributed by atoms with Gasteiger partial charge in [0.05, 0.1) is 18.2 Å². The summed E-state index contributed by atoms with van der Waals surface area (Å²) < 4.78 is 5.54. The van der Waals surface area contributed by atoms with E-state index in [2.05, 4.69) is 17.4 Å². The fourth-order valence-electron chi connectivity index (χ4n) is 3.16. The van der Waals surface area contributed by atoms with Gasteiger partial charge in [-0.1, -0.05) is 42.5 Å². The third-order valence-electron chi connectivity index (χ3n) is 4.54. The Kier molecular flexibility index (Phi) is 5.89. The van der Waals surface area contributed by atoms with Gasteiger partial charge in [-0.2, -0.15) is 0 Å². The molecule has 5 heteroatoms. The highest BCUT2D eigenvalue weighted by atomic mass is 16.5. The van der Waals surface area contributed by atoms with Gasteiger partial charge in [-0.15, -0.1) is 0 Å². The second-order valence-electron chi connectivity index (χ2n) is 6.39. The van der Waals surface area contributed by atoms with Crippen LogP contribution in [0.15, 0.2) is 54.6 Å². The zero-order valence-electron chi connectivity index (χ0n) is 15.0. The lowest BCUT2D eigenvalue weighted by molar-refractivity contribution is -0.128. The van der Waals surface area contributed by atoms with Gasteiger partial charge in [-0.05, 0) is 31.0 Å². The van der Waals surface area contributed by atoms with Crippen molar-refractivity contribution in [3.05, 3.63) is 60.2 Å². The smallest absolute Gasteiger partial charge is 0.229 e. The van der Waals surface area contributed by atoms with Crippen LogP contribution >= 0.6 is 0 Å². The second-order valence-corrected chi connectivity index (χ2v) is 6.39. The molecule has 1 saturated heterocycles. The Morgan fingerprint density at radius 3 is 2.65 bits per heavy atom. The maximum atomic E-state index is 12.6. The van der Waals surface area contributed by atoms with Gasteiger partial charge in [0, 0.05) is 19.5 Å². The standard InChI is InChI=1S/C21H24N2O3/c1-2-26-19-11-7-6-10-18(19)22-21(25)17-14-20(24)23(15-17)13-12-16-8-4-3-5-9-16/h3-11,17H,2,12-15H2,1H3,(H,22,25). The van der Waals surface area contributed by atoms with Crippen LogP contribution in [0.1, 0.15) is 18.9 Å². The zero-order chi connectivity index (χ0) is 18.4. The summed E-state index contributed by atoms with van der Waals surface area (Å²) >= 11 is 0. The quantitative estimate of drug-likeness (QED) is 0.833. The Hall–Kier alpha value is -2.82. The molecule has 1 N–H and O–H groups in total. The van der Waals surface area contributed by atoms with Gasteiger partial charge < -0.3 is 15.0 Å². The number of para-hydroxylation sites is 2. The molecule has 1 aliphatic heterocycles. The van der Waals surface area contributed by atoms with Crippen molar-refractivity contribution in [3.63, 3.8) is 0 Å². The van der Waals surface area contributed by atoms with E-state index in [0.717, 1.165) is 6.42 Å². The van der Waals surface area contributed by atoms with Crippen molar-refractivity contribution in [2.75, 3.05) is 25.0 Å². The molecule has 1 aliphatic rings. The summed E-state index contributed by atoms with van der Waals surface area (Å²) in [7, 11) is 0. The number of nitrogens with one attached hydrogen (secondary N) is 1. The molecule has 1 fully saturated rings. The van der Waals surface area contributed by atoms with Crippen molar-refractivity contribution in [2.45, 2.75) is 19.8 Å². The monoisotopic (exact) mass is 352 g/mol. The van der Waals surface area contributed by atoms with Crippen LogP contribution in [0.25, 0.3) is 0 Å². The molecule has 2 aromatic carbocycles. The number of carbonyl (C=O) groups excluding carboxylic acids is 2. The highest BCUT2D eigenvalue weighted by Crippen LogP contribution is 2.26. The molecule has 2 amide bonds. The van der Waals surface area contributed by atoms with Crippen LogP contribution in [0.4, 0.5) is 5.69 Å².